The molecule has 0 aromatic heterocycles. The number of aromatic hydroxyl groups is 2. The van der Waals surface area contributed by atoms with Crippen LogP contribution in [0.25, 0.3) is 0 Å². The van der Waals surface area contributed by atoms with E-state index >= 15 is 0 Å². The molecule has 0 bridgehead atoms. The second-order valence-corrected chi connectivity index (χ2v) is 5.79. The maximum Gasteiger partial charge on any atom is 0.255 e. The van der Waals surface area contributed by atoms with E-state index in [0.29, 0.717) is 6.54 Å². The molecule has 1 aliphatic carbocycles. The Morgan fingerprint density at radius 2 is 2.00 bits per heavy atom. The van der Waals surface area contributed by atoms with Crippen molar-refractivity contribution >= 4 is 21.8 Å². The van der Waals surface area contributed by atoms with E-state index in [1.54, 1.807) is 0 Å². The fourth-order valence-corrected chi connectivity index (χ4v) is 3.32. The molecule has 19 heavy (non-hydrogen) atoms. The van der Waals surface area contributed by atoms with Crippen molar-refractivity contribution in [3.63, 3.8) is 0 Å². The molecule has 4 nitrogen and oxygen atoms in total. The van der Waals surface area contributed by atoms with E-state index in [1.807, 2.05) is 0 Å². The number of phenols is 2. The van der Waals surface area contributed by atoms with Gasteiger partial charge >= 0.3 is 0 Å². The Hall–Kier alpha value is -1.23. The Labute approximate surface area is 121 Å². The van der Waals surface area contributed by atoms with Crippen LogP contribution in [0.5, 0.6) is 11.5 Å². The summed E-state index contributed by atoms with van der Waals surface area (Å²) in [6, 6.07) is 3.99. The van der Waals surface area contributed by atoms with Crippen molar-refractivity contribution in [3.8, 4) is 11.5 Å². The van der Waals surface area contributed by atoms with Crippen LogP contribution >= 0.6 is 15.9 Å². The minimum atomic E-state index is -0.301. The van der Waals surface area contributed by atoms with Crippen LogP contribution in [0.1, 0.15) is 36.0 Å². The van der Waals surface area contributed by atoms with E-state index in [2.05, 4.69) is 21.2 Å². The van der Waals surface area contributed by atoms with Gasteiger partial charge in [-0.3, -0.25) is 4.79 Å². The van der Waals surface area contributed by atoms with Gasteiger partial charge < -0.3 is 15.5 Å². The summed E-state index contributed by atoms with van der Waals surface area (Å²) in [4.78, 5) is 12.0. The molecule has 104 valence electrons. The van der Waals surface area contributed by atoms with E-state index in [4.69, 9.17) is 0 Å². The monoisotopic (exact) mass is 327 g/mol. The number of carbonyl (C=O) groups is 1. The molecule has 0 unspecified atom stereocenters. The summed E-state index contributed by atoms with van der Waals surface area (Å²) < 4.78 is 0. The van der Waals surface area contributed by atoms with Crippen molar-refractivity contribution in [3.05, 3.63) is 23.8 Å². The quantitative estimate of drug-likeness (QED) is 0.745. The fraction of sp³-hybridized carbons (Fsp3) is 0.500. The molecule has 3 N–H and O–H groups in total. The molecular formula is C14H18BrNO3. The highest BCUT2D eigenvalue weighted by Crippen LogP contribution is 2.39. The van der Waals surface area contributed by atoms with Crippen LogP contribution in [0.4, 0.5) is 0 Å². The van der Waals surface area contributed by atoms with Crippen molar-refractivity contribution in [2.24, 2.45) is 5.41 Å². The highest BCUT2D eigenvalue weighted by atomic mass is 79.9. The Kier molecular flexibility index (Phi) is 4.34. The molecule has 1 saturated carbocycles. The number of carbonyl (C=O) groups excluding carboxylic acids is 1. The summed E-state index contributed by atoms with van der Waals surface area (Å²) >= 11 is 3.53. The third-order valence-electron chi connectivity index (χ3n) is 3.80. The first-order valence-corrected chi connectivity index (χ1v) is 7.55. The summed E-state index contributed by atoms with van der Waals surface area (Å²) in [6.45, 7) is 0.609. The van der Waals surface area contributed by atoms with E-state index < -0.39 is 0 Å². The Bertz CT molecular complexity index is 470. The molecule has 1 fully saturated rings. The van der Waals surface area contributed by atoms with Crippen molar-refractivity contribution in [1.82, 2.24) is 5.32 Å². The zero-order chi connectivity index (χ0) is 13.9. The lowest BCUT2D eigenvalue weighted by Crippen LogP contribution is -2.37. The van der Waals surface area contributed by atoms with Gasteiger partial charge in [0.05, 0.1) is 5.56 Å². The number of amides is 1. The predicted molar refractivity (Wildman–Crippen MR) is 76.8 cm³/mol. The zero-order valence-electron chi connectivity index (χ0n) is 10.7. The average Bonchev–Trinajstić information content (AvgIpc) is 2.85. The normalized spacial score (nSPS) is 17.3. The number of phenolic OH excluding ortho intramolecular Hbond substituents is 2. The molecule has 0 saturated heterocycles. The summed E-state index contributed by atoms with van der Waals surface area (Å²) in [5, 5.41) is 22.6. The zero-order valence-corrected chi connectivity index (χ0v) is 12.2. The number of benzene rings is 1. The van der Waals surface area contributed by atoms with Crippen LogP contribution in [0.2, 0.25) is 0 Å². The highest BCUT2D eigenvalue weighted by molar-refractivity contribution is 9.09. The van der Waals surface area contributed by atoms with Gasteiger partial charge in [0.2, 0.25) is 0 Å². The van der Waals surface area contributed by atoms with Crippen molar-refractivity contribution in [2.75, 3.05) is 11.9 Å². The maximum atomic E-state index is 12.0. The van der Waals surface area contributed by atoms with Gasteiger partial charge in [0.25, 0.3) is 5.91 Å². The SMILES string of the molecule is O=C(NCC1(CBr)CCCC1)c1ccc(O)cc1O. The van der Waals surface area contributed by atoms with Gasteiger partial charge in [-0.15, -0.1) is 0 Å². The molecule has 0 atom stereocenters. The van der Waals surface area contributed by atoms with Crippen LogP contribution in [0.3, 0.4) is 0 Å². The van der Waals surface area contributed by atoms with Crippen molar-refractivity contribution < 1.29 is 15.0 Å². The number of alkyl halides is 1. The molecule has 5 heteroatoms. The first-order valence-electron chi connectivity index (χ1n) is 6.42. The summed E-state index contributed by atoms with van der Waals surface area (Å²) in [6.07, 6.45) is 4.62. The molecule has 2 rings (SSSR count). The van der Waals surface area contributed by atoms with Gasteiger partial charge in [-0.25, -0.2) is 0 Å². The lowest BCUT2D eigenvalue weighted by molar-refractivity contribution is 0.0933. The first-order chi connectivity index (χ1) is 9.06. The first kappa shape index (κ1) is 14.2. The predicted octanol–water partition coefficient (Wildman–Crippen LogP) is 2.78. The molecule has 1 aromatic carbocycles. The number of halogens is 1. The fourth-order valence-electron chi connectivity index (χ4n) is 2.56. The third kappa shape index (κ3) is 3.21. The van der Waals surface area contributed by atoms with Crippen molar-refractivity contribution in [2.45, 2.75) is 25.7 Å². The molecule has 1 aliphatic rings. The molecule has 1 aromatic rings. The van der Waals surface area contributed by atoms with Gasteiger partial charge in [0.15, 0.2) is 0 Å². The van der Waals surface area contributed by atoms with Crippen molar-refractivity contribution in [1.29, 1.82) is 0 Å². The van der Waals surface area contributed by atoms with E-state index in [-0.39, 0.29) is 28.4 Å². The molecule has 0 spiro atoms. The minimum absolute atomic E-state index is 0.0539. The number of nitrogens with one attached hydrogen (secondary N) is 1. The van der Waals surface area contributed by atoms with Gasteiger partial charge in [-0.2, -0.15) is 0 Å². The molecule has 0 radical (unpaired) electrons. The molecule has 1 amide bonds. The summed E-state index contributed by atoms with van der Waals surface area (Å²) in [7, 11) is 0. The minimum Gasteiger partial charge on any atom is -0.508 e. The second-order valence-electron chi connectivity index (χ2n) is 5.22. The van der Waals surface area contributed by atoms with Crippen LogP contribution < -0.4 is 5.32 Å². The third-order valence-corrected chi connectivity index (χ3v) is 4.99. The lowest BCUT2D eigenvalue weighted by Gasteiger charge is -2.26. The van der Waals surface area contributed by atoms with E-state index in [9.17, 15) is 15.0 Å². The standard InChI is InChI=1S/C14H18BrNO3/c15-8-14(5-1-2-6-14)9-16-13(19)11-4-3-10(17)7-12(11)18/h3-4,7,17-18H,1-2,5-6,8-9H2,(H,16,19). The molecule has 0 heterocycles. The Morgan fingerprint density at radius 3 is 2.58 bits per heavy atom. The van der Waals surface area contributed by atoms with Gasteiger partial charge in [0, 0.05) is 17.9 Å². The number of rotatable bonds is 4. The second kappa shape index (κ2) is 5.82. The van der Waals surface area contributed by atoms with Crippen LogP contribution in [-0.4, -0.2) is 28.0 Å². The number of hydrogen-bond acceptors (Lipinski definition) is 3. The van der Waals surface area contributed by atoms with Gasteiger partial charge in [-0.05, 0) is 30.4 Å². The lowest BCUT2D eigenvalue weighted by atomic mass is 9.89. The van der Waals surface area contributed by atoms with E-state index in [1.165, 1.54) is 31.0 Å². The average molecular weight is 328 g/mol. The smallest absolute Gasteiger partial charge is 0.255 e. The number of hydrogen-bond donors (Lipinski definition) is 3. The van der Waals surface area contributed by atoms with Crippen LogP contribution in [0, 0.1) is 5.41 Å². The highest BCUT2D eigenvalue weighted by Gasteiger charge is 2.33. The van der Waals surface area contributed by atoms with E-state index in [0.717, 1.165) is 18.2 Å². The Morgan fingerprint density at radius 1 is 1.32 bits per heavy atom. The molecule has 0 aliphatic heterocycles. The topological polar surface area (TPSA) is 69.6 Å². The Balaban J connectivity index is 2.01. The van der Waals surface area contributed by atoms with Gasteiger partial charge in [0.1, 0.15) is 11.5 Å². The van der Waals surface area contributed by atoms with Crippen LogP contribution in [0.15, 0.2) is 18.2 Å². The maximum absolute atomic E-state index is 12.0. The van der Waals surface area contributed by atoms with Gasteiger partial charge in [-0.1, -0.05) is 28.8 Å². The molecular weight excluding hydrogens is 310 g/mol. The largest absolute Gasteiger partial charge is 0.508 e. The summed E-state index contributed by atoms with van der Waals surface area (Å²) in [5.41, 5.74) is 0.336. The van der Waals surface area contributed by atoms with Crippen LogP contribution in [-0.2, 0) is 0 Å². The summed E-state index contributed by atoms with van der Waals surface area (Å²) in [5.74, 6) is -0.552.